The molecule has 0 radical (unpaired) electrons. The number of nitro benzene ring substituents is 1. The summed E-state index contributed by atoms with van der Waals surface area (Å²) in [4.78, 5) is 21.4. The van der Waals surface area contributed by atoms with Crippen LogP contribution in [0, 0.1) is 16.0 Å². The molecule has 0 bridgehead atoms. The van der Waals surface area contributed by atoms with Crippen LogP contribution in [0.4, 0.5) is 5.69 Å². The predicted molar refractivity (Wildman–Crippen MR) is 66.2 cm³/mol. The van der Waals surface area contributed by atoms with Crippen LogP contribution in [0.5, 0.6) is 0 Å². The fourth-order valence-electron chi connectivity index (χ4n) is 1.46. The summed E-state index contributed by atoms with van der Waals surface area (Å²) < 4.78 is 0. The monoisotopic (exact) mass is 247 g/mol. The smallest absolute Gasteiger partial charge is 0.269 e. The zero-order valence-corrected chi connectivity index (χ0v) is 9.92. The van der Waals surface area contributed by atoms with Gasteiger partial charge in [-0.25, -0.2) is 5.43 Å². The summed E-state index contributed by atoms with van der Waals surface area (Å²) in [5.41, 5.74) is 3.90. The Labute approximate surface area is 104 Å². The first-order valence-electron chi connectivity index (χ1n) is 5.67. The highest BCUT2D eigenvalue weighted by Gasteiger charge is 2.29. The molecule has 0 atom stereocenters. The summed E-state index contributed by atoms with van der Waals surface area (Å²) >= 11 is 0. The number of hydrazone groups is 1. The van der Waals surface area contributed by atoms with Gasteiger partial charge in [-0.1, -0.05) is 0 Å². The van der Waals surface area contributed by atoms with Gasteiger partial charge in [0.25, 0.3) is 5.69 Å². The number of nitrogens with zero attached hydrogens (tertiary/aromatic N) is 2. The van der Waals surface area contributed by atoms with E-state index in [1.807, 2.05) is 0 Å². The van der Waals surface area contributed by atoms with Crippen LogP contribution in [0.25, 0.3) is 0 Å². The fourth-order valence-corrected chi connectivity index (χ4v) is 1.46. The lowest BCUT2D eigenvalue weighted by molar-refractivity contribution is -0.384. The van der Waals surface area contributed by atoms with Crippen LogP contribution < -0.4 is 5.43 Å². The summed E-state index contributed by atoms with van der Waals surface area (Å²) in [7, 11) is 0. The number of rotatable bonds is 4. The third kappa shape index (κ3) is 2.91. The van der Waals surface area contributed by atoms with E-state index in [0.29, 0.717) is 5.71 Å². The lowest BCUT2D eigenvalue weighted by Gasteiger charge is -2.01. The van der Waals surface area contributed by atoms with Crippen molar-refractivity contribution >= 4 is 17.3 Å². The highest BCUT2D eigenvalue weighted by Crippen LogP contribution is 2.28. The second kappa shape index (κ2) is 4.95. The maximum atomic E-state index is 11.4. The molecule has 1 aliphatic carbocycles. The molecule has 1 N–H and O–H groups in total. The Kier molecular flexibility index (Phi) is 3.36. The average molecular weight is 247 g/mol. The average Bonchev–Trinajstić information content (AvgIpc) is 3.20. The minimum absolute atomic E-state index is 0.0357. The number of nitro groups is 1. The van der Waals surface area contributed by atoms with Gasteiger partial charge >= 0.3 is 0 Å². The lowest BCUT2D eigenvalue weighted by Crippen LogP contribution is -2.20. The first-order chi connectivity index (χ1) is 8.58. The van der Waals surface area contributed by atoms with E-state index in [0.717, 1.165) is 18.4 Å². The molecule has 1 saturated carbocycles. The molecule has 94 valence electrons. The molecule has 6 nitrogen and oxygen atoms in total. The number of carbonyl (C=O) groups is 1. The molecule has 0 aliphatic heterocycles. The van der Waals surface area contributed by atoms with Gasteiger partial charge in [0.15, 0.2) is 0 Å². The van der Waals surface area contributed by atoms with Crippen molar-refractivity contribution in [3.8, 4) is 0 Å². The SMILES string of the molecule is CC(=NNC(=O)C1CC1)c1ccc([N+](=O)[O-])cc1. The van der Waals surface area contributed by atoms with Crippen LogP contribution in [0.3, 0.4) is 0 Å². The van der Waals surface area contributed by atoms with Crippen molar-refractivity contribution in [3.05, 3.63) is 39.9 Å². The van der Waals surface area contributed by atoms with Crippen LogP contribution in [-0.2, 0) is 4.79 Å². The molecule has 0 spiro atoms. The molecular formula is C12H13N3O3. The minimum Gasteiger partial charge on any atom is -0.273 e. The number of non-ortho nitro benzene ring substituents is 1. The lowest BCUT2D eigenvalue weighted by atomic mass is 10.1. The van der Waals surface area contributed by atoms with Crippen molar-refractivity contribution in [2.45, 2.75) is 19.8 Å². The van der Waals surface area contributed by atoms with E-state index in [9.17, 15) is 14.9 Å². The standard InChI is InChI=1S/C12H13N3O3/c1-8(13-14-12(16)10-2-3-10)9-4-6-11(7-5-9)15(17)18/h4-7,10H,2-3H2,1H3,(H,14,16). The quantitative estimate of drug-likeness (QED) is 0.500. The molecule has 1 amide bonds. The Morgan fingerprint density at radius 3 is 2.50 bits per heavy atom. The van der Waals surface area contributed by atoms with Gasteiger partial charge in [-0.15, -0.1) is 0 Å². The summed E-state index contributed by atoms with van der Waals surface area (Å²) in [6.45, 7) is 1.74. The Bertz CT molecular complexity index is 504. The molecule has 1 aliphatic rings. The predicted octanol–water partition coefficient (Wildman–Crippen LogP) is 1.84. The number of benzene rings is 1. The Morgan fingerprint density at radius 2 is 2.00 bits per heavy atom. The summed E-state index contributed by atoms with van der Waals surface area (Å²) in [6, 6.07) is 6.05. The molecule has 0 unspecified atom stereocenters. The molecule has 6 heteroatoms. The first-order valence-corrected chi connectivity index (χ1v) is 5.67. The summed E-state index contributed by atoms with van der Waals surface area (Å²) in [5.74, 6) is 0.0506. The van der Waals surface area contributed by atoms with E-state index >= 15 is 0 Å². The largest absolute Gasteiger partial charge is 0.273 e. The number of hydrogen-bond donors (Lipinski definition) is 1. The van der Waals surface area contributed by atoms with Crippen molar-refractivity contribution < 1.29 is 9.72 Å². The Morgan fingerprint density at radius 1 is 1.39 bits per heavy atom. The van der Waals surface area contributed by atoms with Gasteiger partial charge < -0.3 is 0 Å². The number of carbonyl (C=O) groups excluding carboxylic acids is 1. The zero-order valence-electron chi connectivity index (χ0n) is 9.92. The van der Waals surface area contributed by atoms with Crippen molar-refractivity contribution in [2.24, 2.45) is 11.0 Å². The molecule has 1 aromatic carbocycles. The normalized spacial score (nSPS) is 15.3. The molecule has 1 aromatic rings. The van der Waals surface area contributed by atoms with E-state index < -0.39 is 4.92 Å². The highest BCUT2D eigenvalue weighted by molar-refractivity contribution is 5.99. The summed E-state index contributed by atoms with van der Waals surface area (Å²) in [6.07, 6.45) is 1.86. The third-order valence-corrected chi connectivity index (χ3v) is 2.78. The molecule has 1 fully saturated rings. The van der Waals surface area contributed by atoms with Gasteiger partial charge in [-0.3, -0.25) is 14.9 Å². The molecule has 2 rings (SSSR count). The highest BCUT2D eigenvalue weighted by atomic mass is 16.6. The van der Waals surface area contributed by atoms with Crippen LogP contribution in [0.15, 0.2) is 29.4 Å². The molecule has 0 saturated heterocycles. The van der Waals surface area contributed by atoms with Gasteiger partial charge in [0, 0.05) is 18.1 Å². The minimum atomic E-state index is -0.453. The van der Waals surface area contributed by atoms with Crippen molar-refractivity contribution in [2.75, 3.05) is 0 Å². The first kappa shape index (κ1) is 12.2. The second-order valence-corrected chi connectivity index (χ2v) is 4.25. The maximum absolute atomic E-state index is 11.4. The van der Waals surface area contributed by atoms with Gasteiger partial charge in [-0.05, 0) is 37.5 Å². The van der Waals surface area contributed by atoms with Crippen LogP contribution in [0.2, 0.25) is 0 Å². The Hall–Kier alpha value is -2.24. The van der Waals surface area contributed by atoms with E-state index in [4.69, 9.17) is 0 Å². The van der Waals surface area contributed by atoms with E-state index in [2.05, 4.69) is 10.5 Å². The van der Waals surface area contributed by atoms with Crippen LogP contribution in [-0.4, -0.2) is 16.5 Å². The van der Waals surface area contributed by atoms with E-state index in [-0.39, 0.29) is 17.5 Å². The second-order valence-electron chi connectivity index (χ2n) is 4.25. The van der Waals surface area contributed by atoms with Crippen LogP contribution >= 0.6 is 0 Å². The van der Waals surface area contributed by atoms with Crippen molar-refractivity contribution in [1.29, 1.82) is 0 Å². The maximum Gasteiger partial charge on any atom is 0.269 e. The van der Waals surface area contributed by atoms with Gasteiger partial charge in [0.05, 0.1) is 10.6 Å². The van der Waals surface area contributed by atoms with Crippen LogP contribution in [0.1, 0.15) is 25.3 Å². The van der Waals surface area contributed by atoms with E-state index in [1.165, 1.54) is 12.1 Å². The topological polar surface area (TPSA) is 84.6 Å². The Balaban J connectivity index is 2.02. The van der Waals surface area contributed by atoms with Crippen molar-refractivity contribution in [3.63, 3.8) is 0 Å². The fraction of sp³-hybridized carbons (Fsp3) is 0.333. The number of hydrogen-bond acceptors (Lipinski definition) is 4. The summed E-state index contributed by atoms with van der Waals surface area (Å²) in [5, 5.41) is 14.5. The number of amides is 1. The molecule has 0 heterocycles. The van der Waals surface area contributed by atoms with Gasteiger partial charge in [-0.2, -0.15) is 5.10 Å². The van der Waals surface area contributed by atoms with E-state index in [1.54, 1.807) is 19.1 Å². The molecule has 18 heavy (non-hydrogen) atoms. The van der Waals surface area contributed by atoms with Gasteiger partial charge in [0.2, 0.25) is 5.91 Å². The van der Waals surface area contributed by atoms with Crippen molar-refractivity contribution in [1.82, 2.24) is 5.43 Å². The zero-order chi connectivity index (χ0) is 13.1. The third-order valence-electron chi connectivity index (χ3n) is 2.78. The number of nitrogens with one attached hydrogen (secondary N) is 1. The molecular weight excluding hydrogens is 234 g/mol. The van der Waals surface area contributed by atoms with Gasteiger partial charge in [0.1, 0.15) is 0 Å². The molecule has 0 aromatic heterocycles.